The van der Waals surface area contributed by atoms with Crippen molar-refractivity contribution in [2.45, 2.75) is 25.8 Å². The molecule has 1 aliphatic heterocycles. The van der Waals surface area contributed by atoms with Crippen molar-refractivity contribution in [1.29, 1.82) is 0 Å². The molecule has 1 aliphatic rings. The molecule has 0 aliphatic carbocycles. The smallest absolute Gasteiger partial charge is 0.228 e. The summed E-state index contributed by atoms with van der Waals surface area (Å²) in [6.07, 6.45) is 6.06. The molecule has 24 heavy (non-hydrogen) atoms. The van der Waals surface area contributed by atoms with Crippen LogP contribution in [0.3, 0.4) is 0 Å². The third-order valence-corrected chi connectivity index (χ3v) is 4.23. The summed E-state index contributed by atoms with van der Waals surface area (Å²) in [6, 6.07) is 7.50. The molecule has 0 bridgehead atoms. The predicted molar refractivity (Wildman–Crippen MR) is 91.1 cm³/mol. The van der Waals surface area contributed by atoms with E-state index in [1.807, 2.05) is 35.1 Å². The zero-order chi connectivity index (χ0) is 16.8. The maximum absolute atomic E-state index is 12.1. The van der Waals surface area contributed by atoms with Gasteiger partial charge in [-0.05, 0) is 36.5 Å². The Kier molecular flexibility index (Phi) is 5.48. The lowest BCUT2D eigenvalue weighted by molar-refractivity contribution is -0.115. The first-order chi connectivity index (χ1) is 11.7. The summed E-state index contributed by atoms with van der Waals surface area (Å²) in [5.74, 6) is 1.33. The van der Waals surface area contributed by atoms with Crippen LogP contribution in [0.15, 0.2) is 36.7 Å². The van der Waals surface area contributed by atoms with Gasteiger partial charge in [0.05, 0.1) is 25.4 Å². The minimum atomic E-state index is -0.0502. The topological polar surface area (TPSA) is 65.4 Å². The third-order valence-electron chi connectivity index (χ3n) is 4.23. The van der Waals surface area contributed by atoms with Crippen LogP contribution in [-0.4, -0.2) is 36.0 Å². The van der Waals surface area contributed by atoms with Gasteiger partial charge < -0.3 is 14.8 Å². The molecule has 6 heteroatoms. The molecule has 0 spiro atoms. The summed E-state index contributed by atoms with van der Waals surface area (Å²) in [5, 5.41) is 7.24. The standard InChI is InChI=1S/C18H23N3O3/c1-23-17-4-2-14(3-5-17)10-18(22)20-16-11-19-21(13-16)12-15-6-8-24-9-7-15/h2-5,11,13,15H,6-10,12H2,1H3,(H,20,22). The normalized spacial score (nSPS) is 15.2. The van der Waals surface area contributed by atoms with Crippen LogP contribution in [0.1, 0.15) is 18.4 Å². The second-order valence-corrected chi connectivity index (χ2v) is 6.08. The highest BCUT2D eigenvalue weighted by Gasteiger charge is 2.15. The van der Waals surface area contributed by atoms with Crippen molar-refractivity contribution in [1.82, 2.24) is 9.78 Å². The first-order valence-electron chi connectivity index (χ1n) is 8.26. The Balaban J connectivity index is 1.50. The van der Waals surface area contributed by atoms with Crippen molar-refractivity contribution < 1.29 is 14.3 Å². The first-order valence-corrected chi connectivity index (χ1v) is 8.26. The lowest BCUT2D eigenvalue weighted by Gasteiger charge is -2.21. The number of hydrogen-bond donors (Lipinski definition) is 1. The molecule has 0 atom stereocenters. The van der Waals surface area contributed by atoms with Crippen molar-refractivity contribution in [3.05, 3.63) is 42.2 Å². The number of aromatic nitrogens is 2. The highest BCUT2D eigenvalue weighted by atomic mass is 16.5. The number of amides is 1. The van der Waals surface area contributed by atoms with Crippen LogP contribution in [0.25, 0.3) is 0 Å². The average Bonchev–Trinajstić information content (AvgIpc) is 3.03. The van der Waals surface area contributed by atoms with E-state index in [0.717, 1.165) is 49.6 Å². The van der Waals surface area contributed by atoms with E-state index in [4.69, 9.17) is 9.47 Å². The summed E-state index contributed by atoms with van der Waals surface area (Å²) in [6.45, 7) is 2.53. The van der Waals surface area contributed by atoms with Crippen molar-refractivity contribution in [3.63, 3.8) is 0 Å². The Morgan fingerprint density at radius 3 is 2.79 bits per heavy atom. The summed E-state index contributed by atoms with van der Waals surface area (Å²) < 4.78 is 12.4. The quantitative estimate of drug-likeness (QED) is 0.884. The molecule has 128 valence electrons. The fourth-order valence-corrected chi connectivity index (χ4v) is 2.86. The van der Waals surface area contributed by atoms with Gasteiger partial charge in [-0.1, -0.05) is 12.1 Å². The fraction of sp³-hybridized carbons (Fsp3) is 0.444. The number of carbonyl (C=O) groups is 1. The number of ether oxygens (including phenoxy) is 2. The second-order valence-electron chi connectivity index (χ2n) is 6.08. The minimum Gasteiger partial charge on any atom is -0.497 e. The predicted octanol–water partition coefficient (Wildman–Crippen LogP) is 2.50. The summed E-state index contributed by atoms with van der Waals surface area (Å²) in [5.41, 5.74) is 1.68. The van der Waals surface area contributed by atoms with E-state index >= 15 is 0 Å². The minimum absolute atomic E-state index is 0.0502. The monoisotopic (exact) mass is 329 g/mol. The van der Waals surface area contributed by atoms with Crippen LogP contribution >= 0.6 is 0 Å². The molecule has 1 aromatic heterocycles. The van der Waals surface area contributed by atoms with E-state index in [1.54, 1.807) is 13.3 Å². The van der Waals surface area contributed by atoms with Crippen LogP contribution in [0.2, 0.25) is 0 Å². The highest BCUT2D eigenvalue weighted by molar-refractivity contribution is 5.91. The molecular formula is C18H23N3O3. The molecule has 0 saturated carbocycles. The van der Waals surface area contributed by atoms with E-state index in [1.165, 1.54) is 0 Å². The number of carbonyl (C=O) groups excluding carboxylic acids is 1. The Hall–Kier alpha value is -2.34. The molecule has 1 aromatic carbocycles. The maximum Gasteiger partial charge on any atom is 0.228 e. The lowest BCUT2D eigenvalue weighted by Crippen LogP contribution is -2.20. The molecular weight excluding hydrogens is 306 g/mol. The first kappa shape index (κ1) is 16.5. The molecule has 0 radical (unpaired) electrons. The molecule has 1 saturated heterocycles. The number of rotatable bonds is 6. The molecule has 3 rings (SSSR count). The summed E-state index contributed by atoms with van der Waals surface area (Å²) >= 11 is 0. The van der Waals surface area contributed by atoms with Crippen LogP contribution in [0.4, 0.5) is 5.69 Å². The van der Waals surface area contributed by atoms with Gasteiger partial charge in [-0.3, -0.25) is 9.48 Å². The summed E-state index contributed by atoms with van der Waals surface area (Å²) in [4.78, 5) is 12.1. The van der Waals surface area contributed by atoms with Crippen molar-refractivity contribution in [2.75, 3.05) is 25.6 Å². The number of anilines is 1. The number of hydrogen-bond acceptors (Lipinski definition) is 4. The zero-order valence-electron chi connectivity index (χ0n) is 13.9. The number of benzene rings is 1. The third kappa shape index (κ3) is 4.58. The Morgan fingerprint density at radius 2 is 2.08 bits per heavy atom. The van der Waals surface area contributed by atoms with Gasteiger partial charge in [-0.15, -0.1) is 0 Å². The molecule has 1 fully saturated rings. The van der Waals surface area contributed by atoms with E-state index in [0.29, 0.717) is 12.3 Å². The molecule has 1 N–H and O–H groups in total. The fourth-order valence-electron chi connectivity index (χ4n) is 2.86. The number of nitrogens with zero attached hydrogens (tertiary/aromatic N) is 2. The van der Waals surface area contributed by atoms with E-state index < -0.39 is 0 Å². The lowest BCUT2D eigenvalue weighted by atomic mass is 10.0. The Labute approximate surface area is 141 Å². The number of methoxy groups -OCH3 is 1. The van der Waals surface area contributed by atoms with Gasteiger partial charge in [0.2, 0.25) is 5.91 Å². The van der Waals surface area contributed by atoms with Gasteiger partial charge in [-0.2, -0.15) is 5.10 Å². The van der Waals surface area contributed by atoms with Crippen LogP contribution in [0, 0.1) is 5.92 Å². The molecule has 6 nitrogen and oxygen atoms in total. The Morgan fingerprint density at radius 1 is 1.33 bits per heavy atom. The molecule has 2 heterocycles. The van der Waals surface area contributed by atoms with Gasteiger partial charge in [0.25, 0.3) is 0 Å². The second kappa shape index (κ2) is 7.97. The summed E-state index contributed by atoms with van der Waals surface area (Å²) in [7, 11) is 1.62. The average molecular weight is 329 g/mol. The number of nitrogens with one attached hydrogen (secondary N) is 1. The van der Waals surface area contributed by atoms with Crippen LogP contribution in [0.5, 0.6) is 5.75 Å². The van der Waals surface area contributed by atoms with Gasteiger partial charge in [0.15, 0.2) is 0 Å². The zero-order valence-corrected chi connectivity index (χ0v) is 13.9. The van der Waals surface area contributed by atoms with E-state index in [9.17, 15) is 4.79 Å². The van der Waals surface area contributed by atoms with Crippen LogP contribution in [-0.2, 0) is 22.5 Å². The van der Waals surface area contributed by atoms with Crippen molar-refractivity contribution >= 4 is 11.6 Å². The van der Waals surface area contributed by atoms with Gasteiger partial charge in [0, 0.05) is 26.0 Å². The van der Waals surface area contributed by atoms with Crippen molar-refractivity contribution in [2.24, 2.45) is 5.92 Å². The molecule has 0 unspecified atom stereocenters. The van der Waals surface area contributed by atoms with Crippen LogP contribution < -0.4 is 10.1 Å². The van der Waals surface area contributed by atoms with Gasteiger partial charge in [0.1, 0.15) is 5.75 Å². The maximum atomic E-state index is 12.1. The molecule has 1 amide bonds. The highest BCUT2D eigenvalue weighted by Crippen LogP contribution is 2.18. The van der Waals surface area contributed by atoms with E-state index in [-0.39, 0.29) is 5.91 Å². The van der Waals surface area contributed by atoms with Gasteiger partial charge in [-0.25, -0.2) is 0 Å². The Bertz CT molecular complexity index is 660. The SMILES string of the molecule is COc1ccc(CC(=O)Nc2cnn(CC3CCOCC3)c2)cc1. The van der Waals surface area contributed by atoms with Crippen molar-refractivity contribution in [3.8, 4) is 5.75 Å². The van der Waals surface area contributed by atoms with Gasteiger partial charge >= 0.3 is 0 Å². The largest absolute Gasteiger partial charge is 0.497 e. The van der Waals surface area contributed by atoms with E-state index in [2.05, 4.69) is 10.4 Å². The molecule has 2 aromatic rings.